The number of aliphatic carboxylic acids is 1. The number of rotatable bonds is 16. The van der Waals surface area contributed by atoms with E-state index in [1.807, 2.05) is 66.3 Å². The topological polar surface area (TPSA) is 123 Å². The van der Waals surface area contributed by atoms with Crippen LogP contribution in [0.5, 0.6) is 0 Å². The van der Waals surface area contributed by atoms with Crippen molar-refractivity contribution in [2.75, 3.05) is 5.75 Å². The van der Waals surface area contributed by atoms with E-state index in [-0.39, 0.29) is 31.1 Å². The van der Waals surface area contributed by atoms with Gasteiger partial charge in [0, 0.05) is 56.6 Å². The molecule has 1 saturated heterocycles. The summed E-state index contributed by atoms with van der Waals surface area (Å²) in [4.78, 5) is 27.4. The van der Waals surface area contributed by atoms with E-state index in [9.17, 15) is 14.7 Å². The van der Waals surface area contributed by atoms with Gasteiger partial charge >= 0.3 is 5.97 Å². The first-order chi connectivity index (χ1) is 22.9. The fourth-order valence-corrected chi connectivity index (χ4v) is 6.53. The number of carboxylic acid groups (broad SMARTS) is 1. The van der Waals surface area contributed by atoms with Gasteiger partial charge in [-0.05, 0) is 46.7 Å². The van der Waals surface area contributed by atoms with E-state index >= 15 is 0 Å². The van der Waals surface area contributed by atoms with Gasteiger partial charge in [-0.1, -0.05) is 91.3 Å². The van der Waals surface area contributed by atoms with Crippen LogP contribution >= 0.6 is 11.8 Å². The fourth-order valence-electron chi connectivity index (χ4n) is 5.58. The van der Waals surface area contributed by atoms with Crippen LogP contribution in [0.1, 0.15) is 79.6 Å². The van der Waals surface area contributed by atoms with Gasteiger partial charge in [0.1, 0.15) is 0 Å². The summed E-state index contributed by atoms with van der Waals surface area (Å²) in [6.07, 6.45) is 7.41. The third kappa shape index (κ3) is 10.3. The Morgan fingerprint density at radius 1 is 0.915 bits per heavy atom. The molecule has 1 fully saturated rings. The molecular formula is C37H43N3O6S. The molecule has 248 valence electrons. The lowest BCUT2D eigenvalue weighted by atomic mass is 9.99. The van der Waals surface area contributed by atoms with Crippen LogP contribution < -0.4 is 5.32 Å². The van der Waals surface area contributed by atoms with E-state index in [1.165, 1.54) is 0 Å². The molecule has 0 radical (unpaired) electrons. The zero-order valence-electron chi connectivity index (χ0n) is 26.7. The Morgan fingerprint density at radius 2 is 1.66 bits per heavy atom. The van der Waals surface area contributed by atoms with Crippen molar-refractivity contribution in [2.45, 2.75) is 81.8 Å². The summed E-state index contributed by atoms with van der Waals surface area (Å²) in [5.74, 6) is -0.0288. The van der Waals surface area contributed by atoms with E-state index in [0.717, 1.165) is 63.6 Å². The number of aliphatic hydroxyl groups excluding tert-OH is 1. The summed E-state index contributed by atoms with van der Waals surface area (Å²) < 4.78 is 15.0. The van der Waals surface area contributed by atoms with E-state index in [2.05, 4.69) is 34.6 Å². The lowest BCUT2D eigenvalue weighted by molar-refractivity contribution is -0.245. The Hall–Kier alpha value is -3.96. The molecule has 47 heavy (non-hydrogen) atoms. The highest BCUT2D eigenvalue weighted by atomic mass is 32.2. The van der Waals surface area contributed by atoms with Crippen molar-refractivity contribution in [2.24, 2.45) is 7.05 Å². The SMILES string of the molecule is Cn1ccnc1SCC1CC(c2ccc(CO)cc2)OC(c2ccc(-c3cccc(CNC(=O)CCCCCCC(=O)O)c3)cc2)O1. The molecule has 3 unspecified atom stereocenters. The number of hydrogen-bond acceptors (Lipinski definition) is 7. The second-order valence-electron chi connectivity index (χ2n) is 11.9. The van der Waals surface area contributed by atoms with Crippen LogP contribution in [0.3, 0.4) is 0 Å². The number of amides is 1. The van der Waals surface area contributed by atoms with Crippen molar-refractivity contribution in [1.29, 1.82) is 0 Å². The van der Waals surface area contributed by atoms with Crippen molar-refractivity contribution in [3.8, 4) is 11.1 Å². The maximum Gasteiger partial charge on any atom is 0.303 e. The van der Waals surface area contributed by atoms with Crippen LogP contribution in [0.25, 0.3) is 11.1 Å². The maximum absolute atomic E-state index is 12.3. The van der Waals surface area contributed by atoms with Crippen molar-refractivity contribution < 1.29 is 29.3 Å². The summed E-state index contributed by atoms with van der Waals surface area (Å²) >= 11 is 1.67. The number of ether oxygens (including phenoxy) is 2. The minimum Gasteiger partial charge on any atom is -0.481 e. The summed E-state index contributed by atoms with van der Waals surface area (Å²) in [5.41, 5.74) is 5.98. The van der Waals surface area contributed by atoms with Gasteiger partial charge in [-0.25, -0.2) is 4.98 Å². The average molecular weight is 658 g/mol. The van der Waals surface area contributed by atoms with Gasteiger partial charge in [-0.3, -0.25) is 9.59 Å². The monoisotopic (exact) mass is 657 g/mol. The lowest BCUT2D eigenvalue weighted by Gasteiger charge is -2.36. The number of nitrogens with zero attached hydrogens (tertiary/aromatic N) is 2. The highest BCUT2D eigenvalue weighted by molar-refractivity contribution is 7.99. The van der Waals surface area contributed by atoms with Crippen molar-refractivity contribution in [1.82, 2.24) is 14.9 Å². The predicted molar refractivity (Wildman–Crippen MR) is 181 cm³/mol. The largest absolute Gasteiger partial charge is 0.481 e. The Balaban J connectivity index is 1.20. The van der Waals surface area contributed by atoms with Crippen LogP contribution in [0.4, 0.5) is 0 Å². The second kappa shape index (κ2) is 17.3. The molecule has 1 aliphatic rings. The molecule has 1 amide bonds. The molecule has 0 bridgehead atoms. The van der Waals surface area contributed by atoms with Gasteiger partial charge in [0.25, 0.3) is 0 Å². The van der Waals surface area contributed by atoms with Gasteiger partial charge in [-0.15, -0.1) is 0 Å². The molecule has 10 heteroatoms. The summed E-state index contributed by atoms with van der Waals surface area (Å²) in [5, 5.41) is 22.2. The zero-order chi connectivity index (χ0) is 33.0. The van der Waals surface area contributed by atoms with Crippen molar-refractivity contribution >= 4 is 23.6 Å². The Morgan fingerprint density at radius 3 is 2.36 bits per heavy atom. The van der Waals surface area contributed by atoms with E-state index < -0.39 is 12.3 Å². The highest BCUT2D eigenvalue weighted by Gasteiger charge is 2.32. The van der Waals surface area contributed by atoms with Crippen molar-refractivity contribution in [3.05, 3.63) is 107 Å². The average Bonchev–Trinajstić information content (AvgIpc) is 3.52. The lowest BCUT2D eigenvalue weighted by Crippen LogP contribution is -2.31. The third-order valence-corrected chi connectivity index (χ3v) is 9.46. The number of hydrogen-bond donors (Lipinski definition) is 3. The molecule has 0 aliphatic carbocycles. The van der Waals surface area contributed by atoms with Gasteiger partial charge in [0.15, 0.2) is 11.4 Å². The number of carbonyl (C=O) groups is 2. The highest BCUT2D eigenvalue weighted by Crippen LogP contribution is 2.39. The Kier molecular flexibility index (Phi) is 12.6. The number of aliphatic hydroxyl groups is 1. The number of carboxylic acids is 1. The number of imidazole rings is 1. The molecule has 5 rings (SSSR count). The van der Waals surface area contributed by atoms with Crippen LogP contribution in [0.2, 0.25) is 0 Å². The molecule has 3 N–H and O–H groups in total. The maximum atomic E-state index is 12.3. The van der Waals surface area contributed by atoms with Crippen molar-refractivity contribution in [3.63, 3.8) is 0 Å². The van der Waals surface area contributed by atoms with E-state index in [4.69, 9.17) is 14.6 Å². The normalized spacial score (nSPS) is 17.8. The van der Waals surface area contributed by atoms with Crippen LogP contribution in [0.15, 0.2) is 90.3 Å². The fraction of sp³-hybridized carbons (Fsp3) is 0.378. The van der Waals surface area contributed by atoms with Crippen LogP contribution in [0, 0.1) is 0 Å². The third-order valence-electron chi connectivity index (χ3n) is 8.27. The molecule has 3 aromatic carbocycles. The van der Waals surface area contributed by atoms with E-state index in [1.54, 1.807) is 18.0 Å². The summed E-state index contributed by atoms with van der Waals surface area (Å²) in [7, 11) is 1.99. The van der Waals surface area contributed by atoms with Crippen LogP contribution in [-0.4, -0.2) is 43.5 Å². The molecule has 1 aromatic heterocycles. The number of nitrogens with one attached hydrogen (secondary N) is 1. The van der Waals surface area contributed by atoms with Gasteiger partial charge < -0.3 is 29.6 Å². The smallest absolute Gasteiger partial charge is 0.303 e. The summed E-state index contributed by atoms with van der Waals surface area (Å²) in [6.45, 7) is 0.453. The molecule has 0 spiro atoms. The number of aryl methyl sites for hydroxylation is 1. The molecule has 3 atom stereocenters. The standard InChI is InChI=1S/C37H43N3O6S/c1-40-20-19-38-37(40)47-25-32-22-33(29-13-11-26(24-41)12-14-29)46-36(45-32)30-17-15-28(16-18-30)31-8-6-7-27(21-31)23-39-34(42)9-4-2-3-5-10-35(43)44/h6-8,11-21,32-33,36,41H,2-5,9-10,22-25H2,1H3,(H,39,42)(H,43,44). The second-order valence-corrected chi connectivity index (χ2v) is 12.9. The van der Waals surface area contributed by atoms with Gasteiger partial charge in [0.2, 0.25) is 5.91 Å². The molecule has 2 heterocycles. The number of unbranched alkanes of at least 4 members (excludes halogenated alkanes) is 3. The Labute approximate surface area is 280 Å². The first kappa shape index (κ1) is 34.4. The zero-order valence-corrected chi connectivity index (χ0v) is 27.5. The quantitative estimate of drug-likeness (QED) is 0.0874. The molecule has 0 saturated carbocycles. The first-order valence-corrected chi connectivity index (χ1v) is 17.1. The first-order valence-electron chi connectivity index (χ1n) is 16.2. The summed E-state index contributed by atoms with van der Waals surface area (Å²) in [6, 6.07) is 24.3. The molecule has 9 nitrogen and oxygen atoms in total. The molecule has 4 aromatic rings. The van der Waals surface area contributed by atoms with Gasteiger partial charge in [0.05, 0.1) is 18.8 Å². The molecular weight excluding hydrogens is 614 g/mol. The minimum atomic E-state index is -0.773. The van der Waals surface area contributed by atoms with E-state index in [0.29, 0.717) is 25.8 Å². The van der Waals surface area contributed by atoms with Gasteiger partial charge in [-0.2, -0.15) is 0 Å². The minimum absolute atomic E-state index is 0.00316. The number of thioether (sulfide) groups is 1. The number of benzene rings is 3. The molecule has 1 aliphatic heterocycles. The number of carbonyl (C=O) groups excluding carboxylic acids is 1. The predicted octanol–water partition coefficient (Wildman–Crippen LogP) is 6.96. The van der Waals surface area contributed by atoms with Crippen LogP contribution in [-0.2, 0) is 39.3 Å². The number of aromatic nitrogens is 2. The Bertz CT molecular complexity index is 1590.